The van der Waals surface area contributed by atoms with E-state index in [1.54, 1.807) is 0 Å². The molecule has 1 nitrogen and oxygen atoms in total. The Morgan fingerprint density at radius 2 is 1.25 bits per heavy atom. The smallest absolute Gasteiger partial charge is 0 e. The zero-order valence-electron chi connectivity index (χ0n) is 1.73. The Balaban J connectivity index is -0.00000000500. The van der Waals surface area contributed by atoms with Gasteiger partial charge in [0.15, 0.2) is 0 Å². The number of hydrogen-bond acceptors (Lipinski definition) is 1. The quantitative estimate of drug-likeness (QED) is 0.520. The van der Waals surface area contributed by atoms with Crippen LogP contribution in [-0.4, -0.2) is 26.2 Å². The zero-order chi connectivity index (χ0) is 2.00. The first-order valence-corrected chi connectivity index (χ1v) is 0.508. The third-order valence-corrected chi connectivity index (χ3v) is 0. The van der Waals surface area contributed by atoms with E-state index in [0.717, 1.165) is 0 Å². The number of rotatable bonds is 0. The molecule has 0 aliphatic carbocycles. The maximum absolute atomic E-state index is 7.81. The molecule has 0 spiro atoms. The van der Waals surface area contributed by atoms with Crippen molar-refractivity contribution in [2.75, 3.05) is 0 Å². The van der Waals surface area contributed by atoms with E-state index in [0.29, 0.717) is 0 Å². The van der Waals surface area contributed by atoms with E-state index in [2.05, 4.69) is 15.9 Å². The van der Waals surface area contributed by atoms with Crippen LogP contribution in [0.1, 0.15) is 0 Å². The van der Waals surface area contributed by atoms with E-state index < -0.39 is 0 Å². The van der Waals surface area contributed by atoms with E-state index in [-0.39, 0.29) is 58.9 Å². The van der Waals surface area contributed by atoms with Crippen molar-refractivity contribution in [3.63, 3.8) is 0 Å². The summed E-state index contributed by atoms with van der Waals surface area (Å²) in [5, 5.41) is 0. The molecule has 0 N–H and O–H groups in total. The molecule has 4 radical (unpaired) electrons. The van der Waals surface area contributed by atoms with E-state index in [9.17, 15) is 0 Å². The Hall–Kier alpha value is 2.31. The molecule has 0 aromatic heterocycles. The fraction of sp³-hybridized carbons (Fsp3) is 0. The topological polar surface area (TPSA) is 17.1 Å². The van der Waals surface area contributed by atoms with E-state index >= 15 is 0 Å². The largest absolute Gasteiger partial charge is 0 e. The fourth-order valence-electron chi connectivity index (χ4n) is 0. The second-order valence-corrected chi connectivity index (χ2v) is 0. The Morgan fingerprint density at radius 3 is 1.25 bits per heavy atom. The SMILES string of the molecule is [Bi].[O]=[Cu].[Y]. The standard InChI is InChI=1S/Bi.Cu.O.Y. The van der Waals surface area contributed by atoms with Crippen molar-refractivity contribution in [1.29, 1.82) is 0 Å². The fourth-order valence-corrected chi connectivity index (χ4v) is 0. The first-order chi connectivity index (χ1) is 1.00. The van der Waals surface area contributed by atoms with Crippen LogP contribution in [0.15, 0.2) is 0 Å². The molecule has 0 bridgehead atoms. The van der Waals surface area contributed by atoms with Crippen LogP contribution >= 0.6 is 0 Å². The van der Waals surface area contributed by atoms with Gasteiger partial charge in [0.2, 0.25) is 0 Å². The average molecular weight is 377 g/mol. The van der Waals surface area contributed by atoms with Crippen LogP contribution in [0.4, 0.5) is 0 Å². The van der Waals surface area contributed by atoms with Crippen LogP contribution in [0.3, 0.4) is 0 Å². The van der Waals surface area contributed by atoms with Crippen molar-refractivity contribution in [2.45, 2.75) is 0 Å². The minimum absolute atomic E-state index is 0. The molecule has 0 unspecified atom stereocenters. The molecule has 0 aromatic carbocycles. The summed E-state index contributed by atoms with van der Waals surface area (Å²) in [6.07, 6.45) is 0. The molecular weight excluding hydrogens is 377 g/mol. The summed E-state index contributed by atoms with van der Waals surface area (Å²) in [4.78, 5) is 0. The Labute approximate surface area is 77.3 Å². The Morgan fingerprint density at radius 1 is 1.25 bits per heavy atom. The summed E-state index contributed by atoms with van der Waals surface area (Å²) < 4.78 is 7.81. The molecule has 4 heteroatoms. The Kier molecular flexibility index (Phi) is 75.1. The molecule has 0 aromatic rings. The molecule has 0 saturated carbocycles. The van der Waals surface area contributed by atoms with Crippen molar-refractivity contribution < 1.29 is 52.5 Å². The van der Waals surface area contributed by atoms with Crippen LogP contribution in [-0.2, 0) is 52.5 Å². The van der Waals surface area contributed by atoms with Crippen LogP contribution in [0.5, 0.6) is 0 Å². The van der Waals surface area contributed by atoms with E-state index in [4.69, 9.17) is 3.83 Å². The normalized spacial score (nSPS) is 1.50. The van der Waals surface area contributed by atoms with Crippen molar-refractivity contribution in [3.05, 3.63) is 0 Å². The number of hydrogen-bond donors (Lipinski definition) is 0. The minimum Gasteiger partial charge on any atom is 0 e. The molecule has 4 heavy (non-hydrogen) atoms. The van der Waals surface area contributed by atoms with Gasteiger partial charge in [0.25, 0.3) is 0 Å². The van der Waals surface area contributed by atoms with Gasteiger partial charge in [-0.25, -0.2) is 0 Å². The first-order valence-electron chi connectivity index (χ1n) is 0.123. The summed E-state index contributed by atoms with van der Waals surface area (Å²) in [6.45, 7) is 0. The van der Waals surface area contributed by atoms with Gasteiger partial charge in [0, 0.05) is 58.9 Å². The van der Waals surface area contributed by atoms with Crippen molar-refractivity contribution >= 4 is 26.2 Å². The van der Waals surface area contributed by atoms with Gasteiger partial charge >= 0.3 is 19.8 Å². The molecule has 25 valence electrons. The van der Waals surface area contributed by atoms with Gasteiger partial charge in [-0.1, -0.05) is 0 Å². The monoisotopic (exact) mass is 377 g/mol. The molecule has 0 atom stereocenters. The molecule has 0 heterocycles. The summed E-state index contributed by atoms with van der Waals surface area (Å²) in [7, 11) is 0. The summed E-state index contributed by atoms with van der Waals surface area (Å²) in [6, 6.07) is 0. The van der Waals surface area contributed by atoms with Crippen LogP contribution in [0.2, 0.25) is 0 Å². The van der Waals surface area contributed by atoms with Crippen LogP contribution in [0.25, 0.3) is 0 Å². The van der Waals surface area contributed by atoms with Gasteiger partial charge < -0.3 is 0 Å². The van der Waals surface area contributed by atoms with Crippen molar-refractivity contribution in [1.82, 2.24) is 0 Å². The molecule has 0 saturated heterocycles. The van der Waals surface area contributed by atoms with Crippen LogP contribution < -0.4 is 0 Å². The second kappa shape index (κ2) is 18.5. The minimum atomic E-state index is 0. The first kappa shape index (κ1) is 16.2. The maximum atomic E-state index is 7.81. The molecular formula is BiCuOY. The van der Waals surface area contributed by atoms with Gasteiger partial charge in [-0.2, -0.15) is 0 Å². The summed E-state index contributed by atoms with van der Waals surface area (Å²) in [5.74, 6) is 0. The zero-order valence-corrected chi connectivity index (χ0v) is 8.99. The maximum Gasteiger partial charge on any atom is 0 e. The molecule has 0 rings (SSSR count). The van der Waals surface area contributed by atoms with E-state index in [1.165, 1.54) is 0 Å². The predicted octanol–water partition coefficient (Wildman–Crippen LogP) is -0.505. The average Bonchev–Trinajstić information content (AvgIpc) is 1.00. The van der Waals surface area contributed by atoms with Crippen LogP contribution in [0, 0.1) is 0 Å². The van der Waals surface area contributed by atoms with E-state index in [1.807, 2.05) is 0 Å². The molecule has 0 aliphatic rings. The van der Waals surface area contributed by atoms with Gasteiger partial charge in [0.1, 0.15) is 0 Å². The molecule has 0 amide bonds. The van der Waals surface area contributed by atoms with Crippen molar-refractivity contribution in [3.8, 4) is 0 Å². The predicted molar refractivity (Wildman–Crippen MR) is 6.44 cm³/mol. The summed E-state index contributed by atoms with van der Waals surface area (Å²) in [5.41, 5.74) is 0. The van der Waals surface area contributed by atoms with Crippen molar-refractivity contribution in [2.24, 2.45) is 0 Å². The summed E-state index contributed by atoms with van der Waals surface area (Å²) >= 11 is 2.94. The second-order valence-electron chi connectivity index (χ2n) is 0. The van der Waals surface area contributed by atoms with Gasteiger partial charge in [-0.3, -0.25) is 0 Å². The third-order valence-electron chi connectivity index (χ3n) is 0. The van der Waals surface area contributed by atoms with Gasteiger partial charge in [0.05, 0.1) is 0 Å². The third kappa shape index (κ3) is 8.85. The molecule has 0 fully saturated rings. The van der Waals surface area contributed by atoms with Gasteiger partial charge in [-0.15, -0.1) is 0 Å². The Bertz CT molecular complexity index is 8.00. The molecule has 0 aliphatic heterocycles. The van der Waals surface area contributed by atoms with Gasteiger partial charge in [-0.05, 0) is 0 Å².